The van der Waals surface area contributed by atoms with E-state index in [1.54, 1.807) is 0 Å². The van der Waals surface area contributed by atoms with Gasteiger partial charge < -0.3 is 55.8 Å². The van der Waals surface area contributed by atoms with Gasteiger partial charge in [0.1, 0.15) is 0 Å². The average molecular weight is 359 g/mol. The zero-order chi connectivity index (χ0) is 0. The van der Waals surface area contributed by atoms with Crippen molar-refractivity contribution in [1.29, 1.82) is 0 Å². The number of hydrogen-bond acceptors (Lipinski definition) is 1. The quantitative estimate of drug-likeness (QED) is 0.458. The van der Waals surface area contributed by atoms with E-state index in [-0.39, 0.29) is 119 Å². The Morgan fingerprint density at radius 3 is 0.444 bits per heavy atom. The van der Waals surface area contributed by atoms with E-state index >= 15 is 0 Å². The molecular formula is H6Cl7NZr. The van der Waals surface area contributed by atoms with Crippen LogP contribution >= 0.6 is 37.2 Å². The van der Waals surface area contributed by atoms with Crippen molar-refractivity contribution >= 4 is 37.2 Å². The van der Waals surface area contributed by atoms with E-state index in [9.17, 15) is 0 Å². The second-order valence-electron chi connectivity index (χ2n) is 0. The summed E-state index contributed by atoms with van der Waals surface area (Å²) in [7, 11) is 0. The van der Waals surface area contributed by atoms with Crippen molar-refractivity contribution < 1.29 is 75.8 Å². The normalized spacial score (nSPS) is 0. The first-order chi connectivity index (χ1) is 0. The van der Waals surface area contributed by atoms with Gasteiger partial charge in [0.2, 0.25) is 0 Å². The molecule has 0 aliphatic rings. The molecule has 0 aromatic heterocycles. The van der Waals surface area contributed by atoms with Gasteiger partial charge in [0.05, 0.1) is 0 Å². The summed E-state index contributed by atoms with van der Waals surface area (Å²) >= 11 is 0. The molecular weight excluding hydrogens is 353 g/mol. The number of rotatable bonds is 0. The minimum atomic E-state index is 0. The third kappa shape index (κ3) is 104. The van der Waals surface area contributed by atoms with Gasteiger partial charge in [-0.05, 0) is 0 Å². The van der Waals surface area contributed by atoms with Crippen LogP contribution in [0.15, 0.2) is 0 Å². The maximum Gasteiger partial charge on any atom is 4.00 e. The molecule has 0 rings (SSSR count). The summed E-state index contributed by atoms with van der Waals surface area (Å²) in [6.45, 7) is 0. The van der Waals surface area contributed by atoms with Crippen LogP contribution in [-0.2, 0) is 26.2 Å². The molecule has 0 unspecified atom stereocenters. The van der Waals surface area contributed by atoms with Crippen LogP contribution in [0.2, 0.25) is 0 Å². The van der Waals surface area contributed by atoms with Gasteiger partial charge in [-0.3, -0.25) is 0 Å². The topological polar surface area (TPSA) is 35.0 Å². The Balaban J connectivity index is 0. The Morgan fingerprint density at radius 1 is 0.444 bits per heavy atom. The summed E-state index contributed by atoms with van der Waals surface area (Å²) in [5.41, 5.74) is 0. The Labute approximate surface area is 118 Å². The van der Waals surface area contributed by atoms with Crippen LogP contribution < -0.4 is 55.8 Å². The first-order valence-corrected chi connectivity index (χ1v) is 0. The molecule has 3 N–H and O–H groups in total. The van der Waals surface area contributed by atoms with E-state index in [1.165, 1.54) is 0 Å². The fourth-order valence-electron chi connectivity index (χ4n) is 0. The molecule has 1 nitrogen and oxygen atoms in total. The van der Waals surface area contributed by atoms with Crippen LogP contribution in [0, 0.1) is 0 Å². The van der Waals surface area contributed by atoms with Gasteiger partial charge in [-0.2, -0.15) is 0 Å². The molecule has 0 aliphatic carbocycles. The van der Waals surface area contributed by atoms with E-state index in [0.717, 1.165) is 0 Å². The SMILES string of the molecule is Cl.Cl.Cl.N.[Cl-].[Cl-].[Cl-].[Cl-].[Zr+4]. The van der Waals surface area contributed by atoms with E-state index in [0.29, 0.717) is 0 Å². The molecule has 0 amide bonds. The molecule has 9 heavy (non-hydrogen) atoms. The number of hydrogen-bond donors (Lipinski definition) is 1. The predicted octanol–water partition coefficient (Wildman–Crippen LogP) is -10.6. The monoisotopic (exact) mass is 355 g/mol. The fourth-order valence-corrected chi connectivity index (χ4v) is 0. The van der Waals surface area contributed by atoms with Crippen molar-refractivity contribution in [3.05, 3.63) is 0 Å². The summed E-state index contributed by atoms with van der Waals surface area (Å²) in [6.07, 6.45) is 0. The standard InChI is InChI=1S/7ClH.H3N.Zr/h7*1H;1H3;/q;;;;;;;;+4/p-4. The summed E-state index contributed by atoms with van der Waals surface area (Å²) in [5.74, 6) is 0. The first-order valence-electron chi connectivity index (χ1n) is 0. The zero-order valence-corrected chi connectivity index (χ0v) is 11.9. The Bertz CT molecular complexity index is 8.88. The maximum atomic E-state index is 0. The van der Waals surface area contributed by atoms with Crippen LogP contribution in [0.4, 0.5) is 0 Å². The average Bonchev–Trinajstić information content (AvgIpc) is 0. The zero-order valence-electron chi connectivity index (χ0n) is 3.94. The van der Waals surface area contributed by atoms with Gasteiger partial charge in [0, 0.05) is 0 Å². The second kappa shape index (κ2) is 128. The number of halogens is 7. The molecule has 0 radical (unpaired) electrons. The maximum absolute atomic E-state index is 0. The van der Waals surface area contributed by atoms with E-state index < -0.39 is 0 Å². The molecule has 0 aromatic carbocycles. The molecule has 64 valence electrons. The van der Waals surface area contributed by atoms with Crippen molar-refractivity contribution in [3.8, 4) is 0 Å². The molecule has 0 spiro atoms. The van der Waals surface area contributed by atoms with Crippen LogP contribution in [0.1, 0.15) is 0 Å². The van der Waals surface area contributed by atoms with Crippen LogP contribution in [-0.4, -0.2) is 0 Å². The molecule has 0 atom stereocenters. The van der Waals surface area contributed by atoms with Crippen LogP contribution in [0.25, 0.3) is 0 Å². The van der Waals surface area contributed by atoms with Gasteiger partial charge in [0.25, 0.3) is 0 Å². The third-order valence-electron chi connectivity index (χ3n) is 0. The summed E-state index contributed by atoms with van der Waals surface area (Å²) in [5, 5.41) is 0. The first kappa shape index (κ1) is 170. The van der Waals surface area contributed by atoms with E-state index in [2.05, 4.69) is 0 Å². The van der Waals surface area contributed by atoms with Gasteiger partial charge >= 0.3 is 26.2 Å². The van der Waals surface area contributed by atoms with Crippen molar-refractivity contribution in [2.24, 2.45) is 0 Å². The van der Waals surface area contributed by atoms with Crippen LogP contribution in [0.5, 0.6) is 0 Å². The minimum absolute atomic E-state index is 0. The Hall–Kier alpha value is 2.87. The van der Waals surface area contributed by atoms with E-state index in [4.69, 9.17) is 0 Å². The Kier molecular flexibility index (Phi) is 2430. The minimum Gasteiger partial charge on any atom is -1.00 e. The van der Waals surface area contributed by atoms with Crippen molar-refractivity contribution in [2.75, 3.05) is 0 Å². The van der Waals surface area contributed by atoms with Gasteiger partial charge in [-0.1, -0.05) is 0 Å². The summed E-state index contributed by atoms with van der Waals surface area (Å²) in [4.78, 5) is 0. The molecule has 0 saturated heterocycles. The van der Waals surface area contributed by atoms with Crippen LogP contribution in [0.3, 0.4) is 0 Å². The molecule has 0 fully saturated rings. The molecule has 9 heteroatoms. The Morgan fingerprint density at radius 2 is 0.444 bits per heavy atom. The largest absolute Gasteiger partial charge is 4.00 e. The van der Waals surface area contributed by atoms with E-state index in [1.807, 2.05) is 0 Å². The molecule has 0 bridgehead atoms. The van der Waals surface area contributed by atoms with Crippen molar-refractivity contribution in [1.82, 2.24) is 6.15 Å². The fraction of sp³-hybridized carbons (Fsp3) is 0. The molecule has 0 aliphatic heterocycles. The van der Waals surface area contributed by atoms with Crippen molar-refractivity contribution in [2.45, 2.75) is 0 Å². The summed E-state index contributed by atoms with van der Waals surface area (Å²) < 4.78 is 0. The molecule has 0 heterocycles. The van der Waals surface area contributed by atoms with Gasteiger partial charge in [-0.15, -0.1) is 37.2 Å². The predicted molar refractivity (Wildman–Crippen MR) is 26.8 cm³/mol. The van der Waals surface area contributed by atoms with Crippen molar-refractivity contribution in [3.63, 3.8) is 0 Å². The van der Waals surface area contributed by atoms with Gasteiger partial charge in [-0.25, -0.2) is 0 Å². The van der Waals surface area contributed by atoms with Gasteiger partial charge in [0.15, 0.2) is 0 Å². The smallest absolute Gasteiger partial charge is 1.00 e. The summed E-state index contributed by atoms with van der Waals surface area (Å²) in [6, 6.07) is 0. The third-order valence-corrected chi connectivity index (χ3v) is 0. The molecule has 0 saturated carbocycles. The second-order valence-corrected chi connectivity index (χ2v) is 0. The molecule has 0 aromatic rings.